The molecule has 0 aliphatic heterocycles. The van der Waals surface area contributed by atoms with E-state index in [2.05, 4.69) is 0 Å². The van der Waals surface area contributed by atoms with E-state index in [0.29, 0.717) is 5.56 Å². The molecule has 0 radical (unpaired) electrons. The largest absolute Gasteiger partial charge is 0.468 e. The number of carbonyl (C=O) groups excluding carboxylic acids is 4. The molecule has 0 amide bonds. The predicted molar refractivity (Wildman–Crippen MR) is 98.0 cm³/mol. The van der Waals surface area contributed by atoms with Gasteiger partial charge in [0.15, 0.2) is 11.3 Å². The van der Waals surface area contributed by atoms with Crippen LogP contribution in [-0.2, 0) is 38.1 Å². The van der Waals surface area contributed by atoms with E-state index in [1.165, 1.54) is 19.1 Å². The summed E-state index contributed by atoms with van der Waals surface area (Å²) >= 11 is 0. The van der Waals surface area contributed by atoms with Gasteiger partial charge in [-0.15, -0.1) is 0 Å². The van der Waals surface area contributed by atoms with E-state index in [9.17, 15) is 19.2 Å². The van der Waals surface area contributed by atoms with Gasteiger partial charge in [0.25, 0.3) is 0 Å². The van der Waals surface area contributed by atoms with Gasteiger partial charge in [0.1, 0.15) is 0 Å². The van der Waals surface area contributed by atoms with Crippen LogP contribution in [0, 0.1) is 11.3 Å². The zero-order chi connectivity index (χ0) is 21.3. The molecule has 0 fully saturated rings. The lowest BCUT2D eigenvalue weighted by atomic mass is 9.82. The molecule has 0 aliphatic rings. The van der Waals surface area contributed by atoms with Crippen molar-refractivity contribution < 1.29 is 38.1 Å². The first kappa shape index (κ1) is 22.9. The molecule has 0 spiro atoms. The van der Waals surface area contributed by atoms with Crippen molar-refractivity contribution >= 4 is 23.9 Å². The molecular formula is C20H24O8. The van der Waals surface area contributed by atoms with Gasteiger partial charge in [-0.05, 0) is 12.5 Å². The predicted octanol–water partition coefficient (Wildman–Crippen LogP) is 1.64. The summed E-state index contributed by atoms with van der Waals surface area (Å²) in [4.78, 5) is 48.9. The van der Waals surface area contributed by atoms with Gasteiger partial charge in [-0.1, -0.05) is 42.5 Å². The summed E-state index contributed by atoms with van der Waals surface area (Å²) in [7, 11) is 4.57. The Morgan fingerprint density at radius 3 is 1.68 bits per heavy atom. The van der Waals surface area contributed by atoms with Crippen LogP contribution in [0.25, 0.3) is 0 Å². The quantitative estimate of drug-likeness (QED) is 0.285. The molecule has 0 aromatic heterocycles. The lowest BCUT2D eigenvalue weighted by Gasteiger charge is -2.24. The molecule has 0 aliphatic carbocycles. The molecule has 0 unspecified atom stereocenters. The van der Waals surface area contributed by atoms with Crippen molar-refractivity contribution in [1.82, 2.24) is 0 Å². The average molecular weight is 392 g/mol. The highest BCUT2D eigenvalue weighted by Crippen LogP contribution is 2.32. The normalized spacial score (nSPS) is 12.4. The molecule has 1 aromatic carbocycles. The summed E-state index contributed by atoms with van der Waals surface area (Å²) in [5.74, 6) is -5.54. The summed E-state index contributed by atoms with van der Waals surface area (Å²) in [6.45, 7) is 1.31. The van der Waals surface area contributed by atoms with Gasteiger partial charge >= 0.3 is 23.9 Å². The molecule has 0 saturated heterocycles. The van der Waals surface area contributed by atoms with Crippen molar-refractivity contribution in [2.75, 3.05) is 28.4 Å². The second-order valence-corrected chi connectivity index (χ2v) is 6.01. The number of hydrogen-bond acceptors (Lipinski definition) is 8. The van der Waals surface area contributed by atoms with Crippen molar-refractivity contribution in [3.8, 4) is 0 Å². The SMILES string of the molecule is COC(=O)C(C(=O)OC)[C@H](/C=C/C(C)(C(=O)OC)C(=O)OC)c1ccccc1. The standard InChI is InChI=1S/C20H24O8/c1-20(18(23)27-4,19(24)28-5)12-11-14(13-9-7-6-8-10-13)15(16(21)25-2)17(22)26-3/h6-12,14-15H,1-5H3/b12-11+/t14-/m1/s1. The van der Waals surface area contributed by atoms with Gasteiger partial charge < -0.3 is 18.9 Å². The van der Waals surface area contributed by atoms with Crippen molar-refractivity contribution in [3.63, 3.8) is 0 Å². The number of hydrogen-bond donors (Lipinski definition) is 0. The van der Waals surface area contributed by atoms with Crippen LogP contribution < -0.4 is 0 Å². The van der Waals surface area contributed by atoms with Crippen LogP contribution in [0.2, 0.25) is 0 Å². The maximum absolute atomic E-state index is 12.3. The zero-order valence-electron chi connectivity index (χ0n) is 16.5. The van der Waals surface area contributed by atoms with E-state index >= 15 is 0 Å². The Bertz CT molecular complexity index is 706. The minimum absolute atomic E-state index is 0.580. The Labute approximate surface area is 163 Å². The van der Waals surface area contributed by atoms with E-state index in [1.807, 2.05) is 0 Å². The Morgan fingerprint density at radius 1 is 0.821 bits per heavy atom. The smallest absolute Gasteiger partial charge is 0.326 e. The van der Waals surface area contributed by atoms with Gasteiger partial charge in [0, 0.05) is 5.92 Å². The fraction of sp³-hybridized carbons (Fsp3) is 0.400. The Morgan fingerprint density at radius 2 is 1.29 bits per heavy atom. The van der Waals surface area contributed by atoms with Crippen LogP contribution in [0.3, 0.4) is 0 Å². The first-order valence-corrected chi connectivity index (χ1v) is 8.33. The average Bonchev–Trinajstić information content (AvgIpc) is 2.74. The second kappa shape index (κ2) is 10.2. The molecule has 1 aromatic rings. The highest BCUT2D eigenvalue weighted by molar-refractivity contribution is 6.02. The summed E-state index contributed by atoms with van der Waals surface area (Å²) in [5.41, 5.74) is -1.19. The maximum atomic E-state index is 12.3. The van der Waals surface area contributed by atoms with Gasteiger partial charge in [-0.2, -0.15) is 0 Å². The third-order valence-electron chi connectivity index (χ3n) is 4.31. The molecule has 28 heavy (non-hydrogen) atoms. The van der Waals surface area contributed by atoms with Crippen molar-refractivity contribution in [3.05, 3.63) is 48.0 Å². The highest BCUT2D eigenvalue weighted by Gasteiger charge is 2.43. The summed E-state index contributed by atoms with van der Waals surface area (Å²) in [6.07, 6.45) is 2.66. The summed E-state index contributed by atoms with van der Waals surface area (Å²) < 4.78 is 18.9. The van der Waals surface area contributed by atoms with Gasteiger partial charge in [-0.3, -0.25) is 19.2 Å². The molecule has 0 bridgehead atoms. The van der Waals surface area contributed by atoms with Crippen LogP contribution in [0.1, 0.15) is 18.4 Å². The Balaban J connectivity index is 3.53. The minimum atomic E-state index is -1.77. The molecule has 1 atom stereocenters. The second-order valence-electron chi connectivity index (χ2n) is 6.01. The zero-order valence-corrected chi connectivity index (χ0v) is 16.5. The molecule has 8 heteroatoms. The van der Waals surface area contributed by atoms with Crippen LogP contribution in [0.15, 0.2) is 42.5 Å². The lowest BCUT2D eigenvalue weighted by molar-refractivity contribution is -0.164. The van der Waals surface area contributed by atoms with Crippen molar-refractivity contribution in [2.24, 2.45) is 11.3 Å². The van der Waals surface area contributed by atoms with E-state index in [-0.39, 0.29) is 0 Å². The third kappa shape index (κ3) is 4.97. The Kier molecular flexibility index (Phi) is 8.37. The summed E-state index contributed by atoms with van der Waals surface area (Å²) in [6, 6.07) is 8.61. The van der Waals surface area contributed by atoms with Crippen molar-refractivity contribution in [2.45, 2.75) is 12.8 Å². The fourth-order valence-corrected chi connectivity index (χ4v) is 2.67. The highest BCUT2D eigenvalue weighted by atomic mass is 16.6. The molecule has 1 rings (SSSR count). The van der Waals surface area contributed by atoms with Crippen LogP contribution >= 0.6 is 0 Å². The fourth-order valence-electron chi connectivity index (χ4n) is 2.67. The van der Waals surface area contributed by atoms with Gasteiger partial charge in [-0.25, -0.2) is 0 Å². The minimum Gasteiger partial charge on any atom is -0.468 e. The van der Waals surface area contributed by atoms with E-state index < -0.39 is 41.1 Å². The number of rotatable bonds is 8. The number of esters is 4. The van der Waals surface area contributed by atoms with E-state index in [0.717, 1.165) is 28.4 Å². The molecule has 0 saturated carbocycles. The van der Waals surface area contributed by atoms with Crippen LogP contribution in [0.4, 0.5) is 0 Å². The van der Waals surface area contributed by atoms with Gasteiger partial charge in [0.2, 0.25) is 0 Å². The van der Waals surface area contributed by atoms with Crippen molar-refractivity contribution in [1.29, 1.82) is 0 Å². The molecule has 0 N–H and O–H groups in total. The number of allylic oxidation sites excluding steroid dienone is 1. The van der Waals surface area contributed by atoms with E-state index in [4.69, 9.17) is 18.9 Å². The lowest BCUT2D eigenvalue weighted by Crippen LogP contribution is -2.37. The van der Waals surface area contributed by atoms with Crippen LogP contribution in [0.5, 0.6) is 0 Å². The number of ether oxygens (including phenoxy) is 4. The molecule has 0 heterocycles. The molecular weight excluding hydrogens is 368 g/mol. The topological polar surface area (TPSA) is 105 Å². The number of carbonyl (C=O) groups is 4. The monoisotopic (exact) mass is 392 g/mol. The number of methoxy groups -OCH3 is 4. The van der Waals surface area contributed by atoms with Gasteiger partial charge in [0.05, 0.1) is 28.4 Å². The first-order chi connectivity index (χ1) is 13.3. The third-order valence-corrected chi connectivity index (χ3v) is 4.31. The Hall–Kier alpha value is -3.16. The van der Waals surface area contributed by atoms with E-state index in [1.54, 1.807) is 30.3 Å². The first-order valence-electron chi connectivity index (χ1n) is 8.33. The van der Waals surface area contributed by atoms with Crippen LogP contribution in [-0.4, -0.2) is 52.3 Å². The molecule has 152 valence electrons. The maximum Gasteiger partial charge on any atom is 0.326 e. The molecule has 8 nitrogen and oxygen atoms in total. The summed E-state index contributed by atoms with van der Waals surface area (Å²) in [5, 5.41) is 0. The number of benzene rings is 1.